The molecular weight excluding hydrogens is 238 g/mol. The molecule has 0 atom stereocenters. The van der Waals surface area contributed by atoms with Gasteiger partial charge in [-0.05, 0) is 19.8 Å². The maximum atomic E-state index is 11.3. The van der Waals surface area contributed by atoms with Crippen LogP contribution in [0.1, 0.15) is 26.2 Å². The van der Waals surface area contributed by atoms with Gasteiger partial charge in [0, 0.05) is 19.8 Å². The molecule has 0 aliphatic carbocycles. The lowest BCUT2D eigenvalue weighted by Crippen LogP contribution is -2.25. The molecular formula is C12H25NO5. The van der Waals surface area contributed by atoms with Gasteiger partial charge in [-0.3, -0.25) is 4.79 Å². The summed E-state index contributed by atoms with van der Waals surface area (Å²) in [6.45, 7) is 4.97. The fraction of sp³-hybridized carbons (Fsp3) is 0.917. The first-order valence-corrected chi connectivity index (χ1v) is 6.42. The topological polar surface area (TPSA) is 77.0 Å². The Kier molecular flexibility index (Phi) is 13.8. The Morgan fingerprint density at radius 1 is 1.11 bits per heavy atom. The van der Waals surface area contributed by atoms with Crippen LogP contribution >= 0.6 is 0 Å². The minimum atomic E-state index is -0.0396. The summed E-state index contributed by atoms with van der Waals surface area (Å²) in [6, 6.07) is 0. The van der Waals surface area contributed by atoms with Crippen LogP contribution in [0.3, 0.4) is 0 Å². The molecule has 0 aromatic carbocycles. The number of carbonyl (C=O) groups is 1. The van der Waals surface area contributed by atoms with Crippen molar-refractivity contribution in [2.45, 2.75) is 26.2 Å². The number of rotatable bonds is 13. The number of aliphatic hydroxyl groups excluding tert-OH is 1. The Morgan fingerprint density at radius 2 is 1.83 bits per heavy atom. The Labute approximate surface area is 109 Å². The average molecular weight is 263 g/mol. The van der Waals surface area contributed by atoms with Crippen LogP contribution in [0.5, 0.6) is 0 Å². The molecule has 0 aliphatic rings. The Balaban J connectivity index is 3.10. The summed E-state index contributed by atoms with van der Waals surface area (Å²) in [7, 11) is 0. The summed E-state index contributed by atoms with van der Waals surface area (Å²) in [5.74, 6) is -0.0396. The number of ether oxygens (including phenoxy) is 3. The number of carbonyl (C=O) groups excluding carboxylic acids is 1. The number of nitrogens with one attached hydrogen (secondary N) is 1. The van der Waals surface area contributed by atoms with Crippen LogP contribution in [0.2, 0.25) is 0 Å². The predicted octanol–water partition coefficient (Wildman–Crippen LogP) is 0.292. The molecule has 0 aliphatic heterocycles. The van der Waals surface area contributed by atoms with E-state index in [-0.39, 0.29) is 19.3 Å². The highest BCUT2D eigenvalue weighted by atomic mass is 16.7. The molecule has 0 heterocycles. The van der Waals surface area contributed by atoms with Crippen molar-refractivity contribution in [1.29, 1.82) is 0 Å². The van der Waals surface area contributed by atoms with Gasteiger partial charge in [0.1, 0.15) is 6.79 Å². The van der Waals surface area contributed by atoms with Crippen LogP contribution in [0.4, 0.5) is 0 Å². The van der Waals surface area contributed by atoms with Crippen LogP contribution in [0.15, 0.2) is 0 Å². The molecule has 0 saturated heterocycles. The number of hydrogen-bond donors (Lipinski definition) is 2. The van der Waals surface area contributed by atoms with Gasteiger partial charge < -0.3 is 24.6 Å². The van der Waals surface area contributed by atoms with E-state index < -0.39 is 0 Å². The van der Waals surface area contributed by atoms with E-state index in [4.69, 9.17) is 19.3 Å². The molecule has 18 heavy (non-hydrogen) atoms. The van der Waals surface area contributed by atoms with Crippen LogP contribution < -0.4 is 5.32 Å². The van der Waals surface area contributed by atoms with Crippen molar-refractivity contribution in [3.8, 4) is 0 Å². The maximum Gasteiger partial charge on any atom is 0.222 e. The van der Waals surface area contributed by atoms with E-state index in [2.05, 4.69) is 5.32 Å². The molecule has 6 heteroatoms. The van der Waals surface area contributed by atoms with E-state index >= 15 is 0 Å². The lowest BCUT2D eigenvalue weighted by atomic mass is 10.3. The quantitative estimate of drug-likeness (QED) is 0.369. The maximum absolute atomic E-state index is 11.3. The van der Waals surface area contributed by atoms with Gasteiger partial charge in [-0.1, -0.05) is 0 Å². The third-order valence-electron chi connectivity index (χ3n) is 2.12. The van der Waals surface area contributed by atoms with Gasteiger partial charge in [-0.25, -0.2) is 0 Å². The fourth-order valence-electron chi connectivity index (χ4n) is 1.16. The average Bonchev–Trinajstić information content (AvgIpc) is 2.38. The lowest BCUT2D eigenvalue weighted by Gasteiger charge is -2.06. The zero-order valence-corrected chi connectivity index (χ0v) is 11.2. The van der Waals surface area contributed by atoms with Crippen LogP contribution in [-0.4, -0.2) is 57.4 Å². The highest BCUT2D eigenvalue weighted by Gasteiger charge is 2.00. The van der Waals surface area contributed by atoms with Gasteiger partial charge in [-0.15, -0.1) is 0 Å². The molecule has 0 rings (SSSR count). The third kappa shape index (κ3) is 13.4. The number of amides is 1. The van der Waals surface area contributed by atoms with E-state index in [9.17, 15) is 4.79 Å². The van der Waals surface area contributed by atoms with Crippen molar-refractivity contribution >= 4 is 5.91 Å². The standard InChI is InChI=1S/C12H25NO5/c1-2-16-9-10-18-11-17-8-5-12(15)13-6-3-4-7-14/h14H,2-11H2,1H3,(H,13,15). The van der Waals surface area contributed by atoms with Gasteiger partial charge in [0.25, 0.3) is 0 Å². The van der Waals surface area contributed by atoms with Crippen molar-refractivity contribution in [3.05, 3.63) is 0 Å². The predicted molar refractivity (Wildman–Crippen MR) is 67.2 cm³/mol. The summed E-state index contributed by atoms with van der Waals surface area (Å²) >= 11 is 0. The molecule has 2 N–H and O–H groups in total. The fourth-order valence-corrected chi connectivity index (χ4v) is 1.16. The molecule has 0 fully saturated rings. The van der Waals surface area contributed by atoms with Gasteiger partial charge in [0.15, 0.2) is 0 Å². The summed E-state index contributed by atoms with van der Waals surface area (Å²) in [5.41, 5.74) is 0. The van der Waals surface area contributed by atoms with Gasteiger partial charge in [-0.2, -0.15) is 0 Å². The van der Waals surface area contributed by atoms with Crippen molar-refractivity contribution < 1.29 is 24.1 Å². The summed E-state index contributed by atoms with van der Waals surface area (Å²) in [5, 5.41) is 11.3. The molecule has 0 saturated carbocycles. The molecule has 0 aromatic heterocycles. The van der Waals surface area contributed by atoms with Crippen molar-refractivity contribution in [1.82, 2.24) is 5.32 Å². The van der Waals surface area contributed by atoms with Crippen molar-refractivity contribution in [2.24, 2.45) is 0 Å². The monoisotopic (exact) mass is 263 g/mol. The van der Waals surface area contributed by atoms with Crippen LogP contribution in [-0.2, 0) is 19.0 Å². The third-order valence-corrected chi connectivity index (χ3v) is 2.12. The first-order chi connectivity index (χ1) is 8.81. The first kappa shape index (κ1) is 17.3. The van der Waals surface area contributed by atoms with Gasteiger partial charge >= 0.3 is 0 Å². The van der Waals surface area contributed by atoms with E-state index in [1.165, 1.54) is 0 Å². The molecule has 0 aromatic rings. The Bertz CT molecular complexity index is 189. The molecule has 1 amide bonds. The van der Waals surface area contributed by atoms with Crippen molar-refractivity contribution in [3.63, 3.8) is 0 Å². The second kappa shape index (κ2) is 14.4. The smallest absolute Gasteiger partial charge is 0.222 e. The second-order valence-electron chi connectivity index (χ2n) is 3.66. The zero-order chi connectivity index (χ0) is 13.5. The summed E-state index contributed by atoms with van der Waals surface area (Å²) < 4.78 is 15.3. The molecule has 6 nitrogen and oxygen atoms in total. The van der Waals surface area contributed by atoms with E-state index in [1.807, 2.05) is 6.92 Å². The lowest BCUT2D eigenvalue weighted by molar-refractivity contribution is -0.124. The van der Waals surface area contributed by atoms with E-state index in [1.54, 1.807) is 0 Å². The number of unbranched alkanes of at least 4 members (excludes halogenated alkanes) is 1. The van der Waals surface area contributed by atoms with Crippen LogP contribution in [0, 0.1) is 0 Å². The second-order valence-corrected chi connectivity index (χ2v) is 3.66. The minimum Gasteiger partial charge on any atom is -0.396 e. The Morgan fingerprint density at radius 3 is 2.56 bits per heavy atom. The zero-order valence-electron chi connectivity index (χ0n) is 11.2. The van der Waals surface area contributed by atoms with Crippen molar-refractivity contribution in [2.75, 3.05) is 46.4 Å². The van der Waals surface area contributed by atoms with E-state index in [0.717, 1.165) is 6.42 Å². The summed E-state index contributed by atoms with van der Waals surface area (Å²) in [4.78, 5) is 11.3. The molecule has 0 spiro atoms. The molecule has 0 radical (unpaired) electrons. The number of hydrogen-bond acceptors (Lipinski definition) is 5. The summed E-state index contributed by atoms with van der Waals surface area (Å²) in [6.07, 6.45) is 1.84. The minimum absolute atomic E-state index is 0.0396. The SMILES string of the molecule is CCOCCOCOCCC(=O)NCCCCO. The largest absolute Gasteiger partial charge is 0.396 e. The highest BCUT2D eigenvalue weighted by Crippen LogP contribution is 1.88. The molecule has 108 valence electrons. The normalized spacial score (nSPS) is 10.6. The number of aliphatic hydroxyl groups is 1. The van der Waals surface area contributed by atoms with Crippen LogP contribution in [0.25, 0.3) is 0 Å². The van der Waals surface area contributed by atoms with E-state index in [0.29, 0.717) is 45.8 Å². The van der Waals surface area contributed by atoms with Gasteiger partial charge in [0.2, 0.25) is 5.91 Å². The first-order valence-electron chi connectivity index (χ1n) is 6.42. The molecule has 0 unspecified atom stereocenters. The highest BCUT2D eigenvalue weighted by molar-refractivity contribution is 5.75. The Hall–Kier alpha value is -0.690. The van der Waals surface area contributed by atoms with Gasteiger partial charge in [0.05, 0.1) is 26.2 Å². The molecule has 0 bridgehead atoms.